The van der Waals surface area contributed by atoms with Crippen LogP contribution in [0, 0.1) is 13.8 Å². The van der Waals surface area contributed by atoms with E-state index in [-0.39, 0.29) is 18.6 Å². The van der Waals surface area contributed by atoms with Gasteiger partial charge >= 0.3 is 0 Å². The van der Waals surface area contributed by atoms with Gasteiger partial charge in [-0.1, -0.05) is 78.0 Å². The number of para-hydroxylation sites is 2. The van der Waals surface area contributed by atoms with Crippen LogP contribution in [0.1, 0.15) is 28.6 Å². The molecule has 7 nitrogen and oxygen atoms in total. The van der Waals surface area contributed by atoms with E-state index >= 15 is 0 Å². The highest BCUT2D eigenvalue weighted by Crippen LogP contribution is 2.38. The van der Waals surface area contributed by atoms with Crippen molar-refractivity contribution in [2.45, 2.75) is 36.9 Å². The van der Waals surface area contributed by atoms with Crippen LogP contribution in [0.25, 0.3) is 0 Å². The van der Waals surface area contributed by atoms with Crippen LogP contribution in [0.4, 0.5) is 5.69 Å². The second-order valence-electron chi connectivity index (χ2n) is 8.20. The van der Waals surface area contributed by atoms with Gasteiger partial charge in [-0.25, -0.2) is 4.68 Å². The van der Waals surface area contributed by atoms with Crippen molar-refractivity contribution in [3.8, 4) is 5.75 Å². The van der Waals surface area contributed by atoms with Crippen molar-refractivity contribution in [3.05, 3.63) is 101 Å². The molecule has 1 aromatic heterocycles. The Morgan fingerprint density at radius 2 is 1.74 bits per heavy atom. The summed E-state index contributed by atoms with van der Waals surface area (Å²) in [6, 6.07) is 25.3. The SMILES string of the molecule is Cc1ccc([C@@H]2Nn3c(COc4ccccc4)nnc3S[C@H]2C(=O)Nc2ccccc2C)cc1. The third-order valence-electron chi connectivity index (χ3n) is 5.71. The molecule has 0 spiro atoms. The first kappa shape index (κ1) is 22.0. The van der Waals surface area contributed by atoms with Crippen LogP contribution in [-0.2, 0) is 11.4 Å². The number of rotatable bonds is 6. The van der Waals surface area contributed by atoms with E-state index in [0.717, 1.165) is 28.1 Å². The van der Waals surface area contributed by atoms with Gasteiger partial charge < -0.3 is 15.5 Å². The van der Waals surface area contributed by atoms with Crippen molar-refractivity contribution < 1.29 is 9.53 Å². The van der Waals surface area contributed by atoms with E-state index in [9.17, 15) is 4.79 Å². The number of carbonyl (C=O) groups is 1. The summed E-state index contributed by atoms with van der Waals surface area (Å²) in [6.45, 7) is 4.28. The fourth-order valence-corrected chi connectivity index (χ4v) is 4.90. The Kier molecular flexibility index (Phi) is 6.22. The van der Waals surface area contributed by atoms with Gasteiger partial charge in [0.15, 0.2) is 5.82 Å². The van der Waals surface area contributed by atoms with E-state index in [1.54, 1.807) is 0 Å². The van der Waals surface area contributed by atoms with Gasteiger partial charge in [0.2, 0.25) is 11.1 Å². The van der Waals surface area contributed by atoms with E-state index in [1.165, 1.54) is 11.8 Å². The summed E-state index contributed by atoms with van der Waals surface area (Å²) in [4.78, 5) is 13.4. The lowest BCUT2D eigenvalue weighted by molar-refractivity contribution is -0.116. The van der Waals surface area contributed by atoms with Gasteiger partial charge in [0.05, 0.1) is 6.04 Å². The number of hydrogen-bond acceptors (Lipinski definition) is 6. The Bertz CT molecular complexity index is 1290. The second-order valence-corrected chi connectivity index (χ2v) is 9.30. The summed E-state index contributed by atoms with van der Waals surface area (Å²) in [6.07, 6.45) is 0. The quantitative estimate of drug-likeness (QED) is 0.418. The van der Waals surface area contributed by atoms with Crippen molar-refractivity contribution in [1.29, 1.82) is 0 Å². The summed E-state index contributed by atoms with van der Waals surface area (Å²) in [5.41, 5.74) is 7.47. The zero-order valence-corrected chi connectivity index (χ0v) is 19.8. The zero-order valence-electron chi connectivity index (χ0n) is 18.9. The van der Waals surface area contributed by atoms with E-state index in [4.69, 9.17) is 4.74 Å². The first-order valence-corrected chi connectivity index (χ1v) is 11.9. The highest BCUT2D eigenvalue weighted by atomic mass is 32.2. The second kappa shape index (κ2) is 9.61. The fourth-order valence-electron chi connectivity index (χ4n) is 3.80. The van der Waals surface area contributed by atoms with E-state index in [0.29, 0.717) is 11.0 Å². The molecule has 2 N–H and O–H groups in total. The molecule has 0 radical (unpaired) electrons. The molecule has 4 aromatic rings. The number of hydrogen-bond donors (Lipinski definition) is 2. The van der Waals surface area contributed by atoms with Crippen LogP contribution in [0.2, 0.25) is 0 Å². The number of anilines is 1. The van der Waals surface area contributed by atoms with Crippen molar-refractivity contribution in [3.63, 3.8) is 0 Å². The maximum Gasteiger partial charge on any atom is 0.240 e. The number of nitrogens with one attached hydrogen (secondary N) is 2. The minimum absolute atomic E-state index is 0.0892. The van der Waals surface area contributed by atoms with Gasteiger partial charge in [-0.05, 0) is 43.2 Å². The van der Waals surface area contributed by atoms with Crippen LogP contribution in [0.3, 0.4) is 0 Å². The van der Waals surface area contributed by atoms with Crippen LogP contribution >= 0.6 is 11.8 Å². The molecule has 0 aliphatic carbocycles. The number of aromatic nitrogens is 3. The minimum Gasteiger partial charge on any atom is -0.486 e. The number of carbonyl (C=O) groups excluding carboxylic acids is 1. The van der Waals surface area contributed by atoms with E-state index in [1.807, 2.05) is 73.1 Å². The Morgan fingerprint density at radius 1 is 1.00 bits per heavy atom. The maximum atomic E-state index is 13.4. The highest BCUT2D eigenvalue weighted by molar-refractivity contribution is 8.00. The van der Waals surface area contributed by atoms with Crippen LogP contribution in [0.15, 0.2) is 84.0 Å². The lowest BCUT2D eigenvalue weighted by atomic mass is 10.0. The largest absolute Gasteiger partial charge is 0.486 e. The molecule has 1 aliphatic rings. The van der Waals surface area contributed by atoms with Crippen LogP contribution < -0.4 is 15.5 Å². The minimum atomic E-state index is -0.443. The molecule has 5 rings (SSSR count). The summed E-state index contributed by atoms with van der Waals surface area (Å²) in [5.74, 6) is 1.31. The van der Waals surface area contributed by atoms with Crippen molar-refractivity contribution >= 4 is 23.4 Å². The average molecular weight is 472 g/mol. The fraction of sp³-hybridized carbons (Fsp3) is 0.192. The third-order valence-corrected chi connectivity index (χ3v) is 6.93. The molecule has 1 aliphatic heterocycles. The van der Waals surface area contributed by atoms with E-state index < -0.39 is 5.25 Å². The zero-order chi connectivity index (χ0) is 23.5. The molecule has 0 fully saturated rings. The standard InChI is InChI=1S/C26H25N5O2S/c1-17-12-14-19(15-13-17)23-24(25(32)27-21-11-7-6-8-18(21)2)34-26-29-28-22(31(26)30-23)16-33-20-9-4-3-5-10-20/h3-15,23-24,30H,16H2,1-2H3,(H,27,32)/t23-,24+/m0/s1. The smallest absolute Gasteiger partial charge is 0.240 e. The molecule has 0 bridgehead atoms. The number of fused-ring (bicyclic) bond motifs is 1. The van der Waals surface area contributed by atoms with Crippen LogP contribution in [0.5, 0.6) is 5.75 Å². The van der Waals surface area contributed by atoms with Gasteiger partial charge in [0.1, 0.15) is 17.6 Å². The lowest BCUT2D eigenvalue weighted by Crippen LogP contribution is -2.41. The van der Waals surface area contributed by atoms with Crippen molar-refractivity contribution in [2.75, 3.05) is 10.7 Å². The lowest BCUT2D eigenvalue weighted by Gasteiger charge is -2.33. The summed E-state index contributed by atoms with van der Waals surface area (Å²) < 4.78 is 7.72. The van der Waals surface area contributed by atoms with Crippen molar-refractivity contribution in [2.24, 2.45) is 0 Å². The molecule has 8 heteroatoms. The Labute approximate surface area is 202 Å². The first-order chi connectivity index (χ1) is 16.6. The third kappa shape index (κ3) is 4.63. The van der Waals surface area contributed by atoms with Crippen molar-refractivity contribution in [1.82, 2.24) is 14.9 Å². The molecular weight excluding hydrogens is 446 g/mol. The summed E-state index contributed by atoms with van der Waals surface area (Å²) in [7, 11) is 0. The number of nitrogens with zero attached hydrogens (tertiary/aromatic N) is 3. The van der Waals surface area contributed by atoms with Gasteiger partial charge in [0.25, 0.3) is 0 Å². The number of thioether (sulfide) groups is 1. The van der Waals surface area contributed by atoms with Crippen LogP contribution in [-0.4, -0.2) is 26.0 Å². The maximum absolute atomic E-state index is 13.4. The van der Waals surface area contributed by atoms with Gasteiger partial charge in [-0.2, -0.15) is 0 Å². The molecule has 2 atom stereocenters. The molecule has 3 aromatic carbocycles. The van der Waals surface area contributed by atoms with Gasteiger partial charge in [-0.15, -0.1) is 10.2 Å². The molecule has 0 unspecified atom stereocenters. The molecule has 1 amide bonds. The number of benzene rings is 3. The monoisotopic (exact) mass is 471 g/mol. The van der Waals surface area contributed by atoms with Gasteiger partial charge in [0, 0.05) is 5.69 Å². The van der Waals surface area contributed by atoms with Gasteiger partial charge in [-0.3, -0.25) is 4.79 Å². The number of amides is 1. The number of ether oxygens (including phenoxy) is 1. The average Bonchev–Trinajstić information content (AvgIpc) is 3.26. The normalized spacial score (nSPS) is 16.9. The summed E-state index contributed by atoms with van der Waals surface area (Å²) in [5, 5.41) is 11.9. The Hall–Kier alpha value is -3.78. The molecule has 34 heavy (non-hydrogen) atoms. The molecular formula is C26H25N5O2S. The summed E-state index contributed by atoms with van der Waals surface area (Å²) >= 11 is 1.40. The molecule has 172 valence electrons. The molecule has 2 heterocycles. The number of aryl methyl sites for hydroxylation is 2. The highest BCUT2D eigenvalue weighted by Gasteiger charge is 2.38. The first-order valence-electron chi connectivity index (χ1n) is 11.1. The predicted molar refractivity (Wildman–Crippen MR) is 134 cm³/mol. The topological polar surface area (TPSA) is 81.1 Å². The Morgan fingerprint density at radius 3 is 2.50 bits per heavy atom. The molecule has 0 saturated heterocycles. The molecule has 0 saturated carbocycles. The van der Waals surface area contributed by atoms with E-state index in [2.05, 4.69) is 45.2 Å². The Balaban J connectivity index is 1.43. The predicted octanol–water partition coefficient (Wildman–Crippen LogP) is 4.87.